The standard InChI is InChI=1S/C11H13N5S/c12-5-10-6-13-1-2-15(10)7-9-8-16-3-4-17-11(16)14-9/h3-4,8,10,13H,1-2,6-7H2. The Morgan fingerprint density at radius 1 is 1.65 bits per heavy atom. The Bertz CT molecular complexity index is 523. The number of fused-ring (bicyclic) bond motifs is 1. The molecule has 1 aliphatic heterocycles. The summed E-state index contributed by atoms with van der Waals surface area (Å²) in [5.41, 5.74) is 1.04. The number of nitrogens with one attached hydrogen (secondary N) is 1. The molecule has 1 aliphatic rings. The summed E-state index contributed by atoms with van der Waals surface area (Å²) in [7, 11) is 0. The minimum Gasteiger partial charge on any atom is -0.313 e. The predicted molar refractivity (Wildman–Crippen MR) is 65.7 cm³/mol. The van der Waals surface area contributed by atoms with Crippen LogP contribution in [0, 0.1) is 11.3 Å². The molecule has 0 bridgehead atoms. The van der Waals surface area contributed by atoms with Crippen LogP contribution < -0.4 is 5.32 Å². The van der Waals surface area contributed by atoms with Crippen molar-refractivity contribution < 1.29 is 0 Å². The minimum atomic E-state index is -0.0384. The first-order valence-electron chi connectivity index (χ1n) is 5.62. The molecule has 2 aromatic rings. The third-order valence-corrected chi connectivity index (χ3v) is 3.78. The molecular weight excluding hydrogens is 234 g/mol. The summed E-state index contributed by atoms with van der Waals surface area (Å²) in [6.07, 6.45) is 4.05. The molecule has 0 aliphatic carbocycles. The zero-order chi connectivity index (χ0) is 11.7. The van der Waals surface area contributed by atoms with Crippen LogP contribution in [0.25, 0.3) is 4.96 Å². The summed E-state index contributed by atoms with van der Waals surface area (Å²) in [5.74, 6) is 0. The van der Waals surface area contributed by atoms with Crippen LogP contribution in [-0.4, -0.2) is 40.0 Å². The molecule has 88 valence electrons. The van der Waals surface area contributed by atoms with Gasteiger partial charge in [-0.1, -0.05) is 0 Å². The SMILES string of the molecule is N#CC1CNCCN1Cc1cn2ccsc2n1. The Hall–Kier alpha value is -1.42. The lowest BCUT2D eigenvalue weighted by atomic mass is 10.2. The highest BCUT2D eigenvalue weighted by Gasteiger charge is 2.22. The normalized spacial score (nSPS) is 21.7. The molecule has 0 radical (unpaired) electrons. The first-order valence-corrected chi connectivity index (χ1v) is 6.50. The average molecular weight is 247 g/mol. The largest absolute Gasteiger partial charge is 0.313 e. The molecule has 2 aromatic heterocycles. The predicted octanol–water partition coefficient (Wildman–Crippen LogP) is 0.693. The number of hydrogen-bond acceptors (Lipinski definition) is 5. The van der Waals surface area contributed by atoms with Crippen molar-refractivity contribution in [3.05, 3.63) is 23.5 Å². The van der Waals surface area contributed by atoms with E-state index in [1.165, 1.54) is 0 Å². The summed E-state index contributed by atoms with van der Waals surface area (Å²) < 4.78 is 2.03. The van der Waals surface area contributed by atoms with Crippen molar-refractivity contribution in [2.45, 2.75) is 12.6 Å². The van der Waals surface area contributed by atoms with E-state index in [9.17, 15) is 0 Å². The Balaban J connectivity index is 1.77. The molecule has 0 spiro atoms. The Labute approximate surface area is 103 Å². The topological polar surface area (TPSA) is 56.4 Å². The fourth-order valence-electron chi connectivity index (χ4n) is 2.12. The van der Waals surface area contributed by atoms with Crippen molar-refractivity contribution in [3.8, 4) is 6.07 Å². The van der Waals surface area contributed by atoms with Crippen molar-refractivity contribution in [1.29, 1.82) is 5.26 Å². The van der Waals surface area contributed by atoms with Crippen LogP contribution in [0.3, 0.4) is 0 Å². The van der Waals surface area contributed by atoms with Crippen molar-refractivity contribution in [3.63, 3.8) is 0 Å². The summed E-state index contributed by atoms with van der Waals surface area (Å²) in [5, 5.41) is 14.3. The first-order chi connectivity index (χ1) is 8.36. The quantitative estimate of drug-likeness (QED) is 0.848. The maximum absolute atomic E-state index is 9.08. The summed E-state index contributed by atoms with van der Waals surface area (Å²) >= 11 is 1.63. The molecule has 1 saturated heterocycles. The second-order valence-corrected chi connectivity index (χ2v) is 5.02. The lowest BCUT2D eigenvalue weighted by Gasteiger charge is -2.31. The van der Waals surface area contributed by atoms with Gasteiger partial charge in [-0.3, -0.25) is 9.30 Å². The first kappa shape index (κ1) is 10.7. The van der Waals surface area contributed by atoms with E-state index in [0.29, 0.717) is 0 Å². The van der Waals surface area contributed by atoms with Gasteiger partial charge in [0.15, 0.2) is 4.96 Å². The van der Waals surface area contributed by atoms with Gasteiger partial charge in [0.25, 0.3) is 0 Å². The van der Waals surface area contributed by atoms with Crippen LogP contribution in [-0.2, 0) is 6.54 Å². The third-order valence-electron chi connectivity index (χ3n) is 3.01. The molecule has 1 N–H and O–H groups in total. The number of hydrogen-bond donors (Lipinski definition) is 1. The second-order valence-electron chi connectivity index (χ2n) is 4.14. The maximum atomic E-state index is 9.08. The lowest BCUT2D eigenvalue weighted by molar-refractivity contribution is 0.187. The van der Waals surface area contributed by atoms with Crippen molar-refractivity contribution >= 4 is 16.3 Å². The second kappa shape index (κ2) is 4.45. The Morgan fingerprint density at radius 3 is 3.41 bits per heavy atom. The Morgan fingerprint density at radius 2 is 2.59 bits per heavy atom. The van der Waals surface area contributed by atoms with E-state index in [-0.39, 0.29) is 6.04 Å². The number of nitrogens with zero attached hydrogens (tertiary/aromatic N) is 4. The van der Waals surface area contributed by atoms with E-state index in [1.54, 1.807) is 11.3 Å². The van der Waals surface area contributed by atoms with Gasteiger partial charge in [-0.15, -0.1) is 11.3 Å². The monoisotopic (exact) mass is 247 g/mol. The van der Waals surface area contributed by atoms with E-state index in [2.05, 4.69) is 21.3 Å². The molecule has 5 nitrogen and oxygen atoms in total. The van der Waals surface area contributed by atoms with Gasteiger partial charge in [0.1, 0.15) is 6.04 Å². The van der Waals surface area contributed by atoms with Crippen LogP contribution >= 0.6 is 11.3 Å². The molecule has 0 saturated carbocycles. The zero-order valence-corrected chi connectivity index (χ0v) is 10.2. The van der Waals surface area contributed by atoms with Gasteiger partial charge >= 0.3 is 0 Å². The molecule has 6 heteroatoms. The van der Waals surface area contributed by atoms with Crippen LogP contribution in [0.5, 0.6) is 0 Å². The zero-order valence-electron chi connectivity index (χ0n) is 9.33. The molecule has 1 atom stereocenters. The van der Waals surface area contributed by atoms with Crippen LogP contribution in [0.2, 0.25) is 0 Å². The molecule has 0 amide bonds. The number of imidazole rings is 1. The van der Waals surface area contributed by atoms with Crippen LogP contribution in [0.1, 0.15) is 5.69 Å². The van der Waals surface area contributed by atoms with E-state index < -0.39 is 0 Å². The van der Waals surface area contributed by atoms with Crippen LogP contribution in [0.15, 0.2) is 17.8 Å². The van der Waals surface area contributed by atoms with Gasteiger partial charge in [0, 0.05) is 44.0 Å². The highest BCUT2D eigenvalue weighted by Crippen LogP contribution is 2.14. The number of piperazine rings is 1. The third kappa shape index (κ3) is 2.05. The van der Waals surface area contributed by atoms with Crippen molar-refractivity contribution in [2.24, 2.45) is 0 Å². The van der Waals surface area contributed by atoms with Gasteiger partial charge in [-0.2, -0.15) is 5.26 Å². The molecule has 1 unspecified atom stereocenters. The smallest absolute Gasteiger partial charge is 0.193 e. The molecule has 3 heterocycles. The van der Waals surface area contributed by atoms with Crippen LogP contribution in [0.4, 0.5) is 0 Å². The molecular formula is C11H13N5S. The van der Waals surface area contributed by atoms with Gasteiger partial charge in [-0.05, 0) is 0 Å². The van der Waals surface area contributed by atoms with Gasteiger partial charge in [0.2, 0.25) is 0 Å². The minimum absolute atomic E-state index is 0.0384. The number of nitriles is 1. The van der Waals surface area contributed by atoms with E-state index >= 15 is 0 Å². The summed E-state index contributed by atoms with van der Waals surface area (Å²) in [4.78, 5) is 7.75. The molecule has 1 fully saturated rings. The average Bonchev–Trinajstić information content (AvgIpc) is 2.90. The summed E-state index contributed by atoms with van der Waals surface area (Å²) in [6.45, 7) is 3.36. The molecule has 0 aromatic carbocycles. The number of aromatic nitrogens is 2. The molecule has 3 rings (SSSR count). The van der Waals surface area contributed by atoms with E-state index in [1.807, 2.05) is 22.2 Å². The fourth-order valence-corrected chi connectivity index (χ4v) is 2.84. The highest BCUT2D eigenvalue weighted by atomic mass is 32.1. The summed E-state index contributed by atoms with van der Waals surface area (Å²) in [6, 6.07) is 2.29. The van der Waals surface area contributed by atoms with Crippen molar-refractivity contribution in [2.75, 3.05) is 19.6 Å². The lowest BCUT2D eigenvalue weighted by Crippen LogP contribution is -2.50. The Kier molecular flexibility index (Phi) is 2.81. The van der Waals surface area contributed by atoms with E-state index in [4.69, 9.17) is 5.26 Å². The maximum Gasteiger partial charge on any atom is 0.193 e. The van der Waals surface area contributed by atoms with E-state index in [0.717, 1.165) is 36.8 Å². The highest BCUT2D eigenvalue weighted by molar-refractivity contribution is 7.15. The van der Waals surface area contributed by atoms with Gasteiger partial charge < -0.3 is 5.32 Å². The number of thiazole rings is 1. The fraction of sp³-hybridized carbons (Fsp3) is 0.455. The number of rotatable bonds is 2. The molecule has 17 heavy (non-hydrogen) atoms. The van der Waals surface area contributed by atoms with Gasteiger partial charge in [-0.25, -0.2) is 4.98 Å². The van der Waals surface area contributed by atoms with Crippen molar-refractivity contribution in [1.82, 2.24) is 19.6 Å². The van der Waals surface area contributed by atoms with Gasteiger partial charge in [0.05, 0.1) is 11.8 Å².